The fourth-order valence-electron chi connectivity index (χ4n) is 6.18. The summed E-state index contributed by atoms with van der Waals surface area (Å²) in [6, 6.07) is 4.55. The van der Waals surface area contributed by atoms with Gasteiger partial charge in [0.1, 0.15) is 23.7 Å². The largest absolute Gasteiger partial charge is 0.493 e. The summed E-state index contributed by atoms with van der Waals surface area (Å²) in [6.07, 6.45) is 2.26. The van der Waals surface area contributed by atoms with E-state index in [1.54, 1.807) is 46.1 Å². The van der Waals surface area contributed by atoms with E-state index < -0.39 is 29.8 Å². The molecule has 54 heavy (non-hydrogen) atoms. The molecular weight excluding hydrogens is 692 g/mol. The number of nitrogens with zero attached hydrogens (tertiary/aromatic N) is 1. The van der Waals surface area contributed by atoms with Gasteiger partial charge in [-0.1, -0.05) is 41.0 Å². The van der Waals surface area contributed by atoms with E-state index in [0.29, 0.717) is 49.8 Å². The Labute approximate surface area is 324 Å². The molecule has 0 spiro atoms. The second-order valence-corrected chi connectivity index (χ2v) is 16.0. The van der Waals surface area contributed by atoms with Gasteiger partial charge in [0.15, 0.2) is 0 Å². The van der Waals surface area contributed by atoms with E-state index in [-0.39, 0.29) is 42.5 Å². The highest BCUT2D eigenvalue weighted by atomic mass is 16.6. The van der Waals surface area contributed by atoms with Crippen molar-refractivity contribution in [3.63, 3.8) is 0 Å². The number of hydrogen-bond acceptors (Lipinski definition) is 10. The molecule has 13 heteroatoms. The number of nitrogens with one attached hydrogen (secondary N) is 3. The Morgan fingerprint density at radius 2 is 1.63 bits per heavy atom. The molecule has 0 radical (unpaired) electrons. The molecule has 2 rings (SSSR count). The number of aliphatic hydroxyl groups excluding tert-OH is 1. The van der Waals surface area contributed by atoms with E-state index in [2.05, 4.69) is 27.8 Å². The molecule has 1 aromatic rings. The summed E-state index contributed by atoms with van der Waals surface area (Å²) in [5, 5.41) is 20.6. The number of hydrogen-bond donors (Lipinski definition) is 4. The number of aliphatic hydroxyl groups is 1. The quantitative estimate of drug-likeness (QED) is 0.0948. The molecule has 1 saturated heterocycles. The minimum absolute atomic E-state index is 0.0263. The van der Waals surface area contributed by atoms with Gasteiger partial charge in [0.25, 0.3) is 5.91 Å². The van der Waals surface area contributed by atoms with E-state index in [9.17, 15) is 19.5 Å². The summed E-state index contributed by atoms with van der Waals surface area (Å²) in [6.45, 7) is 21.8. The summed E-state index contributed by atoms with van der Waals surface area (Å²) in [4.78, 5) is 42.2. The Kier molecular flexibility index (Phi) is 21.9. The van der Waals surface area contributed by atoms with Crippen molar-refractivity contribution in [1.82, 2.24) is 20.9 Å². The van der Waals surface area contributed by atoms with Gasteiger partial charge in [-0.3, -0.25) is 14.5 Å². The van der Waals surface area contributed by atoms with Crippen molar-refractivity contribution in [3.8, 4) is 11.5 Å². The molecule has 1 aliphatic rings. The number of rotatable bonds is 25. The molecule has 1 fully saturated rings. The molecule has 4 atom stereocenters. The molecule has 1 heterocycles. The first-order chi connectivity index (χ1) is 25.6. The number of methoxy groups -OCH3 is 1. The van der Waals surface area contributed by atoms with Crippen molar-refractivity contribution < 1.29 is 43.2 Å². The molecule has 1 aromatic carbocycles. The van der Waals surface area contributed by atoms with E-state index in [0.717, 1.165) is 58.5 Å². The highest BCUT2D eigenvalue weighted by molar-refractivity contribution is 5.97. The maximum absolute atomic E-state index is 13.8. The summed E-state index contributed by atoms with van der Waals surface area (Å²) < 4.78 is 28.4. The van der Waals surface area contributed by atoms with E-state index >= 15 is 0 Å². The lowest BCUT2D eigenvalue weighted by molar-refractivity contribution is -0.127. The fourth-order valence-corrected chi connectivity index (χ4v) is 6.18. The number of amides is 3. The third kappa shape index (κ3) is 18.5. The fraction of sp³-hybridized carbons (Fsp3) is 0.780. The summed E-state index contributed by atoms with van der Waals surface area (Å²) in [5.41, 5.74) is -0.348. The summed E-state index contributed by atoms with van der Waals surface area (Å²) in [5.74, 6) is 0.123. The molecule has 310 valence electrons. The Hall–Kier alpha value is -3.13. The standard InChI is InChI=1S/C41H72N4O9/c1-10-11-16-42-39(48)34(30(4)5)27-36(46)35(44-40(49)54-41(6,7)8)25-31(29(2)3)28-43-38(47)33-15-14-32(26-37(33)53-21-13-12-20-50-9)52-24-19-45-17-22-51-23-18-45/h14-15,26,29-31,34-36,46H,10-13,16-25,27-28H2,1-9H3,(H,42,48)(H,43,47)(H,44,49)/t31-,34+,35+,36+/m1/s1. The first-order valence-corrected chi connectivity index (χ1v) is 20.1. The Morgan fingerprint density at radius 1 is 0.926 bits per heavy atom. The highest BCUT2D eigenvalue weighted by Gasteiger charge is 2.33. The van der Waals surface area contributed by atoms with Crippen LogP contribution in [0, 0.1) is 23.7 Å². The summed E-state index contributed by atoms with van der Waals surface area (Å²) in [7, 11) is 1.67. The monoisotopic (exact) mass is 765 g/mol. The van der Waals surface area contributed by atoms with Gasteiger partial charge >= 0.3 is 6.09 Å². The van der Waals surface area contributed by atoms with Crippen molar-refractivity contribution in [2.45, 2.75) is 112 Å². The minimum Gasteiger partial charge on any atom is -0.493 e. The topological polar surface area (TPSA) is 157 Å². The SMILES string of the molecule is CCCCNC(=O)[C@@H](C[C@H](O)[C@H](C[C@H](CNC(=O)c1ccc(OCCN2CCOCC2)cc1OCCCCOC)C(C)C)NC(=O)OC(C)(C)C)C(C)C. The predicted octanol–water partition coefficient (Wildman–Crippen LogP) is 5.43. The van der Waals surface area contributed by atoms with Crippen molar-refractivity contribution in [3.05, 3.63) is 23.8 Å². The van der Waals surface area contributed by atoms with Gasteiger partial charge in [-0.25, -0.2) is 4.79 Å². The number of carbonyl (C=O) groups is 3. The third-order valence-electron chi connectivity index (χ3n) is 9.64. The second-order valence-electron chi connectivity index (χ2n) is 16.0. The van der Waals surface area contributed by atoms with E-state index in [1.165, 1.54) is 0 Å². The number of morpholine rings is 1. The lowest BCUT2D eigenvalue weighted by Gasteiger charge is -2.33. The zero-order valence-corrected chi connectivity index (χ0v) is 34.7. The molecule has 4 N–H and O–H groups in total. The van der Waals surface area contributed by atoms with E-state index in [4.69, 9.17) is 23.7 Å². The first kappa shape index (κ1) is 47.0. The first-order valence-electron chi connectivity index (χ1n) is 20.1. The van der Waals surface area contributed by atoms with Gasteiger partial charge in [-0.15, -0.1) is 0 Å². The lowest BCUT2D eigenvalue weighted by atomic mass is 9.82. The maximum atomic E-state index is 13.8. The van der Waals surface area contributed by atoms with Crippen LogP contribution in [-0.4, -0.2) is 119 Å². The zero-order valence-electron chi connectivity index (χ0n) is 34.7. The van der Waals surface area contributed by atoms with Crippen LogP contribution in [0.2, 0.25) is 0 Å². The average molecular weight is 765 g/mol. The molecule has 0 saturated carbocycles. The van der Waals surface area contributed by atoms with Crippen LogP contribution >= 0.6 is 0 Å². The van der Waals surface area contributed by atoms with Crippen LogP contribution in [0.3, 0.4) is 0 Å². The summed E-state index contributed by atoms with van der Waals surface area (Å²) >= 11 is 0. The molecular formula is C41H72N4O9. The van der Waals surface area contributed by atoms with Crippen molar-refractivity contribution in [1.29, 1.82) is 0 Å². The van der Waals surface area contributed by atoms with Crippen LogP contribution in [-0.2, 0) is 19.0 Å². The van der Waals surface area contributed by atoms with Crippen molar-refractivity contribution in [2.75, 3.05) is 72.9 Å². The van der Waals surface area contributed by atoms with Gasteiger partial charge in [0.2, 0.25) is 5.91 Å². The Morgan fingerprint density at radius 3 is 2.26 bits per heavy atom. The predicted molar refractivity (Wildman–Crippen MR) is 211 cm³/mol. The van der Waals surface area contributed by atoms with Crippen LogP contribution in [0.1, 0.15) is 104 Å². The number of alkyl carbamates (subject to hydrolysis) is 1. The van der Waals surface area contributed by atoms with Gasteiger partial charge in [-0.05, 0) is 82.8 Å². The third-order valence-corrected chi connectivity index (χ3v) is 9.64. The Bertz CT molecular complexity index is 1230. The average Bonchev–Trinajstić information content (AvgIpc) is 3.11. The maximum Gasteiger partial charge on any atom is 0.407 e. The highest BCUT2D eigenvalue weighted by Crippen LogP contribution is 2.27. The normalized spacial score (nSPS) is 16.0. The molecule has 0 bridgehead atoms. The number of benzene rings is 1. The number of unbranched alkanes of at least 4 members (excludes halogenated alkanes) is 2. The van der Waals surface area contributed by atoms with Crippen LogP contribution in [0.25, 0.3) is 0 Å². The molecule has 0 aliphatic carbocycles. The smallest absolute Gasteiger partial charge is 0.407 e. The molecule has 0 aromatic heterocycles. The minimum atomic E-state index is -1.03. The van der Waals surface area contributed by atoms with Crippen LogP contribution in [0.5, 0.6) is 11.5 Å². The van der Waals surface area contributed by atoms with Crippen LogP contribution in [0.4, 0.5) is 4.79 Å². The van der Waals surface area contributed by atoms with Crippen LogP contribution in [0.15, 0.2) is 18.2 Å². The lowest BCUT2D eigenvalue weighted by Crippen LogP contribution is -2.49. The molecule has 0 unspecified atom stereocenters. The van der Waals surface area contributed by atoms with Crippen LogP contribution < -0.4 is 25.4 Å². The van der Waals surface area contributed by atoms with Crippen molar-refractivity contribution in [2.24, 2.45) is 23.7 Å². The number of carbonyl (C=O) groups excluding carboxylic acids is 3. The Balaban J connectivity index is 2.22. The van der Waals surface area contributed by atoms with Gasteiger partial charge in [-0.2, -0.15) is 0 Å². The van der Waals surface area contributed by atoms with Crippen molar-refractivity contribution >= 4 is 17.9 Å². The molecule has 1 aliphatic heterocycles. The van der Waals surface area contributed by atoms with Gasteiger partial charge in [0, 0.05) is 58.4 Å². The van der Waals surface area contributed by atoms with Gasteiger partial charge in [0.05, 0.1) is 37.5 Å². The second kappa shape index (κ2) is 25.1. The van der Waals surface area contributed by atoms with E-state index in [1.807, 2.05) is 27.7 Å². The molecule has 13 nitrogen and oxygen atoms in total. The molecule has 3 amide bonds. The van der Waals surface area contributed by atoms with Gasteiger partial charge < -0.3 is 44.7 Å². The zero-order chi connectivity index (χ0) is 40.1. The number of ether oxygens (including phenoxy) is 5.